The van der Waals surface area contributed by atoms with Gasteiger partial charge in [-0.2, -0.15) is 0 Å². The number of likely N-dealkylation sites (N-methyl/N-ethyl adjacent to an activating group) is 1. The topological polar surface area (TPSA) is 52.7 Å². The van der Waals surface area contributed by atoms with Gasteiger partial charge in [0.2, 0.25) is 11.8 Å². The zero-order chi connectivity index (χ0) is 20.3. The molecule has 148 valence electrons. The molecule has 28 heavy (non-hydrogen) atoms. The van der Waals surface area contributed by atoms with Gasteiger partial charge in [0, 0.05) is 35.9 Å². The normalized spacial score (nSPS) is 15.2. The number of amides is 2. The highest BCUT2D eigenvalue weighted by atomic mass is 19.1. The first kappa shape index (κ1) is 19.9. The zero-order valence-electron chi connectivity index (χ0n) is 15.9. The number of anilines is 2. The molecule has 0 radical (unpaired) electrons. The average molecular weight is 387 g/mol. The van der Waals surface area contributed by atoms with E-state index in [2.05, 4.69) is 5.32 Å². The molecule has 2 aromatic rings. The highest BCUT2D eigenvalue weighted by Crippen LogP contribution is 2.25. The Balaban J connectivity index is 1.63. The fraction of sp³-hybridized carbons (Fsp3) is 0.333. The largest absolute Gasteiger partial charge is 0.325 e. The third-order valence-electron chi connectivity index (χ3n) is 4.98. The molecule has 2 amide bonds. The summed E-state index contributed by atoms with van der Waals surface area (Å²) in [5.74, 6) is -1.23. The van der Waals surface area contributed by atoms with Gasteiger partial charge in [0.15, 0.2) is 0 Å². The quantitative estimate of drug-likeness (QED) is 0.822. The average Bonchev–Trinajstić information content (AvgIpc) is 3.09. The predicted octanol–water partition coefficient (Wildman–Crippen LogP) is 3.72. The monoisotopic (exact) mass is 387 g/mol. The van der Waals surface area contributed by atoms with Gasteiger partial charge in [-0.05, 0) is 56.8 Å². The van der Waals surface area contributed by atoms with Gasteiger partial charge in [0.05, 0.1) is 6.54 Å². The molecular formula is C21H23F2N3O2. The summed E-state index contributed by atoms with van der Waals surface area (Å²) in [4.78, 5) is 27.6. The minimum atomic E-state index is -0.519. The van der Waals surface area contributed by atoms with Crippen molar-refractivity contribution in [2.75, 3.05) is 30.4 Å². The first-order valence-electron chi connectivity index (χ1n) is 9.20. The number of nitrogens with one attached hydrogen (secondary N) is 1. The van der Waals surface area contributed by atoms with Crippen molar-refractivity contribution in [1.82, 2.24) is 4.90 Å². The van der Waals surface area contributed by atoms with E-state index in [1.54, 1.807) is 42.0 Å². The maximum absolute atomic E-state index is 14.0. The Hall–Kier alpha value is -2.80. The first-order valence-corrected chi connectivity index (χ1v) is 9.20. The summed E-state index contributed by atoms with van der Waals surface area (Å²) in [6, 6.07) is 9.94. The fourth-order valence-corrected chi connectivity index (χ4v) is 3.31. The second kappa shape index (κ2) is 8.48. The van der Waals surface area contributed by atoms with Crippen molar-refractivity contribution >= 4 is 23.2 Å². The molecule has 1 saturated heterocycles. The van der Waals surface area contributed by atoms with Crippen molar-refractivity contribution in [3.63, 3.8) is 0 Å². The Morgan fingerprint density at radius 2 is 2.04 bits per heavy atom. The maximum atomic E-state index is 14.0. The molecule has 1 atom stereocenters. The molecule has 0 aliphatic carbocycles. The van der Waals surface area contributed by atoms with Crippen LogP contribution in [-0.2, 0) is 9.59 Å². The number of nitrogens with zero attached hydrogens (tertiary/aromatic N) is 2. The van der Waals surface area contributed by atoms with Crippen LogP contribution >= 0.6 is 0 Å². The van der Waals surface area contributed by atoms with Crippen molar-refractivity contribution in [2.45, 2.75) is 25.8 Å². The van der Waals surface area contributed by atoms with Gasteiger partial charge in [-0.3, -0.25) is 14.5 Å². The van der Waals surface area contributed by atoms with E-state index < -0.39 is 17.7 Å². The number of carbonyl (C=O) groups excluding carboxylic acids is 2. The zero-order valence-corrected chi connectivity index (χ0v) is 15.9. The van der Waals surface area contributed by atoms with Crippen molar-refractivity contribution in [3.05, 3.63) is 59.7 Å². The number of halogens is 2. The summed E-state index contributed by atoms with van der Waals surface area (Å²) in [7, 11) is 1.67. The lowest BCUT2D eigenvalue weighted by Gasteiger charge is -2.25. The van der Waals surface area contributed by atoms with E-state index in [9.17, 15) is 18.4 Å². The van der Waals surface area contributed by atoms with Crippen LogP contribution in [0.1, 0.15) is 31.4 Å². The SMILES string of the molecule is CC(c1cc(F)ccc1F)N(C)CC(=O)Nc1cccc(N2CCCC2=O)c1. The van der Waals surface area contributed by atoms with Crippen LogP contribution < -0.4 is 10.2 Å². The molecule has 1 unspecified atom stereocenters. The van der Waals surface area contributed by atoms with Crippen LogP contribution in [0, 0.1) is 11.6 Å². The molecule has 0 spiro atoms. The van der Waals surface area contributed by atoms with Gasteiger partial charge >= 0.3 is 0 Å². The standard InChI is InChI=1S/C21H23F2N3O2/c1-14(18-11-15(22)8-9-19(18)23)25(2)13-20(27)24-16-5-3-6-17(12-16)26-10-4-7-21(26)28/h3,5-6,8-9,11-12,14H,4,7,10,13H2,1-2H3,(H,24,27). The van der Waals surface area contributed by atoms with Gasteiger partial charge < -0.3 is 10.2 Å². The summed E-state index contributed by atoms with van der Waals surface area (Å²) in [6.45, 7) is 2.39. The lowest BCUT2D eigenvalue weighted by Crippen LogP contribution is -2.32. The van der Waals surface area contributed by atoms with E-state index in [1.165, 1.54) is 0 Å². The summed E-state index contributed by atoms with van der Waals surface area (Å²) in [6.07, 6.45) is 1.37. The van der Waals surface area contributed by atoms with Crippen molar-refractivity contribution in [3.8, 4) is 0 Å². The fourth-order valence-electron chi connectivity index (χ4n) is 3.31. The highest BCUT2D eigenvalue weighted by molar-refractivity contribution is 5.97. The van der Waals surface area contributed by atoms with Crippen molar-refractivity contribution in [1.29, 1.82) is 0 Å². The van der Waals surface area contributed by atoms with Gasteiger partial charge in [-0.25, -0.2) is 8.78 Å². The molecule has 5 nitrogen and oxygen atoms in total. The number of hydrogen-bond donors (Lipinski definition) is 1. The van der Waals surface area contributed by atoms with E-state index in [4.69, 9.17) is 0 Å². The maximum Gasteiger partial charge on any atom is 0.238 e. The van der Waals surface area contributed by atoms with Crippen LogP contribution in [0.3, 0.4) is 0 Å². The smallest absolute Gasteiger partial charge is 0.238 e. The van der Waals surface area contributed by atoms with Crippen LogP contribution in [-0.4, -0.2) is 36.9 Å². The number of benzene rings is 2. The second-order valence-electron chi connectivity index (χ2n) is 7.00. The molecule has 1 aliphatic heterocycles. The summed E-state index contributed by atoms with van der Waals surface area (Å²) in [5.41, 5.74) is 1.54. The molecule has 3 rings (SSSR count). The van der Waals surface area contributed by atoms with Crippen LogP contribution in [0.5, 0.6) is 0 Å². The molecule has 0 saturated carbocycles. The number of rotatable bonds is 6. The Bertz CT molecular complexity index is 888. The van der Waals surface area contributed by atoms with Crippen LogP contribution in [0.2, 0.25) is 0 Å². The molecule has 1 N–H and O–H groups in total. The molecule has 1 fully saturated rings. The van der Waals surface area contributed by atoms with Crippen LogP contribution in [0.15, 0.2) is 42.5 Å². The van der Waals surface area contributed by atoms with Crippen LogP contribution in [0.25, 0.3) is 0 Å². The van der Waals surface area contributed by atoms with Gasteiger partial charge in [-0.1, -0.05) is 6.07 Å². The first-order chi connectivity index (χ1) is 13.3. The minimum absolute atomic E-state index is 0.00396. The summed E-state index contributed by atoms with van der Waals surface area (Å²) in [5, 5.41) is 2.80. The van der Waals surface area contributed by atoms with Crippen LogP contribution in [0.4, 0.5) is 20.2 Å². The Kier molecular flexibility index (Phi) is 6.04. The third-order valence-corrected chi connectivity index (χ3v) is 4.98. The summed E-state index contributed by atoms with van der Waals surface area (Å²) < 4.78 is 27.4. The molecule has 7 heteroatoms. The second-order valence-corrected chi connectivity index (χ2v) is 7.00. The molecule has 0 bridgehead atoms. The Labute approximate surface area is 162 Å². The molecular weight excluding hydrogens is 364 g/mol. The molecule has 0 aromatic heterocycles. The van der Waals surface area contributed by atoms with E-state index in [1.807, 2.05) is 6.07 Å². The molecule has 2 aromatic carbocycles. The predicted molar refractivity (Wildman–Crippen MR) is 104 cm³/mol. The van der Waals surface area contributed by atoms with E-state index in [0.29, 0.717) is 18.7 Å². The molecule has 1 heterocycles. The Morgan fingerprint density at radius 1 is 1.25 bits per heavy atom. The number of carbonyl (C=O) groups is 2. The van der Waals surface area contributed by atoms with E-state index in [0.717, 1.165) is 30.3 Å². The van der Waals surface area contributed by atoms with Crippen molar-refractivity contribution < 1.29 is 18.4 Å². The van der Waals surface area contributed by atoms with Gasteiger partial charge in [-0.15, -0.1) is 0 Å². The minimum Gasteiger partial charge on any atom is -0.325 e. The number of hydrogen-bond acceptors (Lipinski definition) is 3. The Morgan fingerprint density at radius 3 is 2.75 bits per heavy atom. The van der Waals surface area contributed by atoms with Gasteiger partial charge in [0.1, 0.15) is 11.6 Å². The summed E-state index contributed by atoms with van der Waals surface area (Å²) >= 11 is 0. The van der Waals surface area contributed by atoms with Gasteiger partial charge in [0.25, 0.3) is 0 Å². The lowest BCUT2D eigenvalue weighted by atomic mass is 10.1. The van der Waals surface area contributed by atoms with Crippen molar-refractivity contribution in [2.24, 2.45) is 0 Å². The third kappa shape index (κ3) is 4.54. The lowest BCUT2D eigenvalue weighted by molar-refractivity contribution is -0.118. The molecule has 1 aliphatic rings. The van der Waals surface area contributed by atoms with E-state index in [-0.39, 0.29) is 23.9 Å². The van der Waals surface area contributed by atoms with E-state index >= 15 is 0 Å². The highest BCUT2D eigenvalue weighted by Gasteiger charge is 2.22.